The highest BCUT2D eigenvalue weighted by Crippen LogP contribution is 2.43. The number of carbonyl (C=O) groups excluding carboxylic acids is 2. The van der Waals surface area contributed by atoms with E-state index >= 15 is 0 Å². The molecule has 1 unspecified atom stereocenters. The Kier molecular flexibility index (Phi) is 7.29. The number of nitrogens with one attached hydrogen (secondary N) is 1. The molecular formula is C26H30N2O6. The lowest BCUT2D eigenvalue weighted by molar-refractivity contribution is -0.158. The first-order valence-electron chi connectivity index (χ1n) is 11.5. The van der Waals surface area contributed by atoms with Crippen LogP contribution in [0.3, 0.4) is 0 Å². The Balaban J connectivity index is 1.41. The molecule has 2 aromatic rings. The molecule has 0 aromatic heterocycles. The third kappa shape index (κ3) is 5.29. The maximum atomic E-state index is 12.7. The van der Waals surface area contributed by atoms with Crippen LogP contribution in [0.4, 0.5) is 0 Å². The van der Waals surface area contributed by atoms with Crippen LogP contribution < -0.4 is 5.32 Å². The van der Waals surface area contributed by atoms with Gasteiger partial charge in [0.15, 0.2) is 0 Å². The van der Waals surface area contributed by atoms with Crippen LogP contribution in [-0.4, -0.2) is 60.7 Å². The van der Waals surface area contributed by atoms with E-state index in [2.05, 4.69) is 17.4 Å². The Morgan fingerprint density at radius 3 is 2.65 bits per heavy atom. The number of benzene rings is 2. The van der Waals surface area contributed by atoms with E-state index in [1.54, 1.807) is 18.2 Å². The van der Waals surface area contributed by atoms with Crippen molar-refractivity contribution in [2.75, 3.05) is 26.8 Å². The number of hydrogen-bond acceptors (Lipinski definition) is 5. The summed E-state index contributed by atoms with van der Waals surface area (Å²) in [5.41, 5.74) is 2.73. The van der Waals surface area contributed by atoms with Gasteiger partial charge in [-0.15, -0.1) is 0 Å². The van der Waals surface area contributed by atoms with Gasteiger partial charge in [0.05, 0.1) is 23.7 Å². The van der Waals surface area contributed by atoms with E-state index in [9.17, 15) is 14.4 Å². The van der Waals surface area contributed by atoms with Gasteiger partial charge in [-0.05, 0) is 48.1 Å². The van der Waals surface area contributed by atoms with Crippen molar-refractivity contribution in [3.63, 3.8) is 0 Å². The second kappa shape index (κ2) is 10.4. The fourth-order valence-electron chi connectivity index (χ4n) is 4.94. The third-order valence-electron chi connectivity index (χ3n) is 6.62. The summed E-state index contributed by atoms with van der Waals surface area (Å²) >= 11 is 0. The van der Waals surface area contributed by atoms with Crippen molar-refractivity contribution in [2.45, 2.75) is 43.9 Å². The van der Waals surface area contributed by atoms with E-state index in [0.29, 0.717) is 32.4 Å². The Morgan fingerprint density at radius 2 is 1.91 bits per heavy atom. The van der Waals surface area contributed by atoms with E-state index in [1.165, 1.54) is 18.7 Å². The topological polar surface area (TPSA) is 105 Å². The highest BCUT2D eigenvalue weighted by Gasteiger charge is 2.44. The molecular weight excluding hydrogens is 436 g/mol. The van der Waals surface area contributed by atoms with Gasteiger partial charge in [-0.2, -0.15) is 0 Å². The van der Waals surface area contributed by atoms with Gasteiger partial charge >= 0.3 is 5.97 Å². The number of carboxylic acid groups (broad SMARTS) is 1. The number of hydrogen-bond donors (Lipinski definition) is 2. The van der Waals surface area contributed by atoms with Crippen LogP contribution in [-0.2, 0) is 37.6 Å². The quantitative estimate of drug-likeness (QED) is 0.650. The molecule has 2 N–H and O–H groups in total. The number of amides is 2. The normalized spacial score (nSPS) is 18.9. The van der Waals surface area contributed by atoms with Crippen LogP contribution in [0, 0.1) is 0 Å². The summed E-state index contributed by atoms with van der Waals surface area (Å²) in [6, 6.07) is 14.7. The minimum atomic E-state index is -0.997. The molecule has 2 amide bonds. The van der Waals surface area contributed by atoms with Crippen molar-refractivity contribution in [3.05, 3.63) is 70.8 Å². The van der Waals surface area contributed by atoms with Crippen molar-refractivity contribution in [2.24, 2.45) is 0 Å². The van der Waals surface area contributed by atoms with Gasteiger partial charge in [0, 0.05) is 26.7 Å². The number of carboxylic acids is 1. The molecule has 4 rings (SSSR count). The van der Waals surface area contributed by atoms with Crippen LogP contribution in [0.25, 0.3) is 0 Å². The Hall–Kier alpha value is -3.23. The Morgan fingerprint density at radius 1 is 1.15 bits per heavy atom. The average molecular weight is 467 g/mol. The summed E-state index contributed by atoms with van der Waals surface area (Å²) in [5, 5.41) is 12.0. The van der Waals surface area contributed by atoms with E-state index in [-0.39, 0.29) is 43.1 Å². The number of ether oxygens (including phenoxy) is 2. The van der Waals surface area contributed by atoms with Crippen LogP contribution in [0.5, 0.6) is 0 Å². The number of fused-ring (bicyclic) bond motifs is 2. The maximum absolute atomic E-state index is 12.7. The molecule has 2 aliphatic rings. The molecule has 1 fully saturated rings. The van der Waals surface area contributed by atoms with Gasteiger partial charge < -0.3 is 24.8 Å². The second-order valence-electron chi connectivity index (χ2n) is 8.90. The van der Waals surface area contributed by atoms with Gasteiger partial charge in [-0.1, -0.05) is 36.4 Å². The zero-order valence-corrected chi connectivity index (χ0v) is 19.3. The number of piperidine rings is 1. The van der Waals surface area contributed by atoms with Crippen LogP contribution >= 0.6 is 0 Å². The highest BCUT2D eigenvalue weighted by molar-refractivity contribution is 5.87. The molecule has 180 valence electrons. The molecule has 0 aliphatic carbocycles. The molecule has 8 nitrogen and oxygen atoms in total. The van der Waals surface area contributed by atoms with Crippen LogP contribution in [0.2, 0.25) is 0 Å². The number of aromatic carboxylic acids is 1. The number of methoxy groups -OCH3 is 1. The highest BCUT2D eigenvalue weighted by atomic mass is 16.5. The summed E-state index contributed by atoms with van der Waals surface area (Å²) < 4.78 is 11.6. The Bertz CT molecular complexity index is 1060. The largest absolute Gasteiger partial charge is 0.478 e. The third-order valence-corrected chi connectivity index (χ3v) is 6.62. The fraction of sp³-hybridized carbons (Fsp3) is 0.423. The minimum absolute atomic E-state index is 0.0238. The first-order chi connectivity index (χ1) is 16.4. The van der Waals surface area contributed by atoms with E-state index in [1.807, 2.05) is 17.0 Å². The molecule has 1 atom stereocenters. The molecule has 2 aromatic carbocycles. The zero-order valence-electron chi connectivity index (χ0n) is 19.3. The van der Waals surface area contributed by atoms with E-state index < -0.39 is 11.6 Å². The van der Waals surface area contributed by atoms with Crippen LogP contribution in [0.1, 0.15) is 46.3 Å². The average Bonchev–Trinajstić information content (AvgIpc) is 2.83. The number of rotatable bonds is 7. The smallest absolute Gasteiger partial charge is 0.335 e. The van der Waals surface area contributed by atoms with Gasteiger partial charge in [0.25, 0.3) is 0 Å². The molecule has 0 bridgehead atoms. The fourth-order valence-corrected chi connectivity index (χ4v) is 4.94. The number of likely N-dealkylation sites (tertiary alicyclic amines) is 1. The lowest BCUT2D eigenvalue weighted by atomic mass is 9.78. The molecule has 34 heavy (non-hydrogen) atoms. The van der Waals surface area contributed by atoms with Crippen molar-refractivity contribution in [3.8, 4) is 0 Å². The van der Waals surface area contributed by atoms with Gasteiger partial charge in [-0.25, -0.2) is 4.79 Å². The SMILES string of the molecule is COCC(=O)N1CCC2(CC1)OC(CC(=O)NCc1cccc(C(=O)O)c1)Cc1ccccc12. The summed E-state index contributed by atoms with van der Waals surface area (Å²) in [6.07, 6.45) is 1.91. The molecule has 1 saturated heterocycles. The molecule has 1 spiro atoms. The van der Waals surface area contributed by atoms with E-state index in [0.717, 1.165) is 11.1 Å². The standard InChI is InChI=1S/C26H30N2O6/c1-33-17-24(30)28-11-9-26(10-12-28)22-8-3-2-6-19(22)14-21(34-26)15-23(29)27-16-18-5-4-7-20(13-18)25(31)32/h2-8,13,21H,9-12,14-17H2,1H3,(H,27,29)(H,31,32). The second-order valence-corrected chi connectivity index (χ2v) is 8.90. The predicted octanol–water partition coefficient (Wildman–Crippen LogP) is 2.50. The van der Waals surface area contributed by atoms with Crippen molar-refractivity contribution in [1.29, 1.82) is 0 Å². The zero-order chi connectivity index (χ0) is 24.1. The first-order valence-corrected chi connectivity index (χ1v) is 11.5. The number of carbonyl (C=O) groups is 3. The van der Waals surface area contributed by atoms with Crippen LogP contribution in [0.15, 0.2) is 48.5 Å². The van der Waals surface area contributed by atoms with Crippen molar-refractivity contribution >= 4 is 17.8 Å². The molecule has 0 saturated carbocycles. The number of nitrogens with zero attached hydrogens (tertiary/aromatic N) is 1. The molecule has 2 heterocycles. The summed E-state index contributed by atoms with van der Waals surface area (Å²) in [5.74, 6) is -1.17. The van der Waals surface area contributed by atoms with Gasteiger partial charge in [0.2, 0.25) is 11.8 Å². The lowest BCUT2D eigenvalue weighted by Gasteiger charge is -2.47. The summed E-state index contributed by atoms with van der Waals surface area (Å²) in [6.45, 7) is 1.48. The monoisotopic (exact) mass is 466 g/mol. The molecule has 0 radical (unpaired) electrons. The van der Waals surface area contributed by atoms with Gasteiger partial charge in [0.1, 0.15) is 6.61 Å². The minimum Gasteiger partial charge on any atom is -0.478 e. The maximum Gasteiger partial charge on any atom is 0.335 e. The van der Waals surface area contributed by atoms with E-state index in [4.69, 9.17) is 14.6 Å². The van der Waals surface area contributed by atoms with Crippen molar-refractivity contribution in [1.82, 2.24) is 10.2 Å². The van der Waals surface area contributed by atoms with Gasteiger partial charge in [-0.3, -0.25) is 9.59 Å². The summed E-state index contributed by atoms with van der Waals surface area (Å²) in [4.78, 5) is 37.9. The lowest BCUT2D eigenvalue weighted by Crippen LogP contribution is -2.51. The molecule has 8 heteroatoms. The molecule has 2 aliphatic heterocycles. The summed E-state index contributed by atoms with van der Waals surface area (Å²) in [7, 11) is 1.52. The Labute approximate surface area is 198 Å². The first kappa shape index (κ1) is 23.9. The predicted molar refractivity (Wildman–Crippen MR) is 124 cm³/mol. The van der Waals surface area contributed by atoms with Crippen molar-refractivity contribution < 1.29 is 29.0 Å².